The molecule has 2 aromatic rings. The van der Waals surface area contributed by atoms with Crippen LogP contribution in [0.25, 0.3) is 0 Å². The van der Waals surface area contributed by atoms with E-state index in [1.807, 2.05) is 18.2 Å². The van der Waals surface area contributed by atoms with Gasteiger partial charge in [-0.15, -0.1) is 0 Å². The van der Waals surface area contributed by atoms with E-state index in [1.54, 1.807) is 23.1 Å². The molecule has 3 rings (SSSR count). The number of halogens is 2. The molecule has 2 aromatic carbocycles. The number of fused-ring (bicyclic) bond motifs is 1. The molecule has 0 unspecified atom stereocenters. The van der Waals surface area contributed by atoms with Gasteiger partial charge in [0.2, 0.25) is 0 Å². The van der Waals surface area contributed by atoms with Crippen LogP contribution in [0.2, 0.25) is 10.0 Å². The zero-order valence-electron chi connectivity index (χ0n) is 11.3. The summed E-state index contributed by atoms with van der Waals surface area (Å²) in [4.78, 5) is 14.4. The molecule has 1 aliphatic rings. The summed E-state index contributed by atoms with van der Waals surface area (Å²) in [6.45, 7) is 1.17. The summed E-state index contributed by atoms with van der Waals surface area (Å²) in [5, 5.41) is 0.701. The lowest BCUT2D eigenvalue weighted by Gasteiger charge is -2.30. The number of amides is 1. The number of nitrogens with zero attached hydrogens (tertiary/aromatic N) is 1. The van der Waals surface area contributed by atoms with Crippen LogP contribution in [0.15, 0.2) is 36.4 Å². The Balaban J connectivity index is 1.89. The summed E-state index contributed by atoms with van der Waals surface area (Å²) in [7, 11) is 0. The molecular weight excluding hydrogens is 307 g/mol. The topological polar surface area (TPSA) is 46.3 Å². The van der Waals surface area contributed by atoms with Crippen molar-refractivity contribution in [1.82, 2.24) is 4.90 Å². The highest BCUT2D eigenvalue weighted by Gasteiger charge is 2.24. The van der Waals surface area contributed by atoms with Crippen LogP contribution >= 0.6 is 23.2 Å². The van der Waals surface area contributed by atoms with Crippen molar-refractivity contribution in [2.75, 3.05) is 12.3 Å². The minimum atomic E-state index is -0.101. The van der Waals surface area contributed by atoms with E-state index in [4.69, 9.17) is 28.9 Å². The highest BCUT2D eigenvalue weighted by molar-refractivity contribution is 6.43. The molecule has 2 N–H and O–H groups in total. The zero-order chi connectivity index (χ0) is 15.0. The van der Waals surface area contributed by atoms with Gasteiger partial charge in [-0.05, 0) is 35.7 Å². The maximum Gasteiger partial charge on any atom is 0.255 e. The van der Waals surface area contributed by atoms with Gasteiger partial charge in [0.25, 0.3) is 5.91 Å². The van der Waals surface area contributed by atoms with Crippen molar-refractivity contribution >= 4 is 34.8 Å². The van der Waals surface area contributed by atoms with Crippen molar-refractivity contribution in [2.45, 2.75) is 13.0 Å². The summed E-state index contributed by atoms with van der Waals surface area (Å²) >= 11 is 12.1. The number of anilines is 1. The van der Waals surface area contributed by atoms with E-state index in [9.17, 15) is 4.79 Å². The molecule has 5 heteroatoms. The van der Waals surface area contributed by atoms with Crippen LogP contribution in [0.1, 0.15) is 21.5 Å². The molecule has 108 valence electrons. The Morgan fingerprint density at radius 1 is 1.14 bits per heavy atom. The zero-order valence-corrected chi connectivity index (χ0v) is 12.8. The molecule has 0 saturated carbocycles. The van der Waals surface area contributed by atoms with E-state index >= 15 is 0 Å². The third-order valence-corrected chi connectivity index (χ3v) is 4.59. The quantitative estimate of drug-likeness (QED) is 0.813. The third kappa shape index (κ3) is 2.59. The standard InChI is InChI=1S/C16H14Cl2N2O/c17-13-5-2-4-12(15(13)18)16(21)20-8-7-11-10(9-20)3-1-6-14(11)19/h1-6H,7-9,19H2. The van der Waals surface area contributed by atoms with Crippen LogP contribution in [0.5, 0.6) is 0 Å². The number of nitrogen functional groups attached to an aromatic ring is 1. The second kappa shape index (κ2) is 5.58. The van der Waals surface area contributed by atoms with E-state index in [2.05, 4.69) is 0 Å². The maximum absolute atomic E-state index is 12.6. The van der Waals surface area contributed by atoms with Gasteiger partial charge in [0.1, 0.15) is 0 Å². The Hall–Kier alpha value is -1.71. The average Bonchev–Trinajstić information content (AvgIpc) is 2.49. The summed E-state index contributed by atoms with van der Waals surface area (Å²) in [5.41, 5.74) is 9.44. The van der Waals surface area contributed by atoms with Crippen LogP contribution in [-0.2, 0) is 13.0 Å². The molecule has 3 nitrogen and oxygen atoms in total. The lowest BCUT2D eigenvalue weighted by Crippen LogP contribution is -2.36. The SMILES string of the molecule is Nc1cccc2c1CCN(C(=O)c1cccc(Cl)c1Cl)C2. The minimum absolute atomic E-state index is 0.101. The fraction of sp³-hybridized carbons (Fsp3) is 0.188. The van der Waals surface area contributed by atoms with E-state index in [0.29, 0.717) is 28.7 Å². The Morgan fingerprint density at radius 2 is 1.90 bits per heavy atom. The Bertz CT molecular complexity index is 715. The maximum atomic E-state index is 12.6. The Morgan fingerprint density at radius 3 is 2.71 bits per heavy atom. The number of benzene rings is 2. The van der Waals surface area contributed by atoms with Gasteiger partial charge in [-0.3, -0.25) is 4.79 Å². The van der Waals surface area contributed by atoms with Crippen LogP contribution in [0.3, 0.4) is 0 Å². The fourth-order valence-electron chi connectivity index (χ4n) is 2.65. The van der Waals surface area contributed by atoms with Crippen LogP contribution < -0.4 is 5.73 Å². The third-order valence-electron chi connectivity index (χ3n) is 3.77. The first-order chi connectivity index (χ1) is 10.1. The lowest BCUT2D eigenvalue weighted by atomic mass is 9.97. The fourth-order valence-corrected chi connectivity index (χ4v) is 3.03. The molecule has 0 bridgehead atoms. The Labute approximate surface area is 133 Å². The molecule has 21 heavy (non-hydrogen) atoms. The molecule has 0 aromatic heterocycles. The number of carbonyl (C=O) groups is 1. The molecule has 1 heterocycles. The van der Waals surface area contributed by atoms with Crippen LogP contribution in [0, 0.1) is 0 Å². The molecular formula is C16H14Cl2N2O. The van der Waals surface area contributed by atoms with Crippen molar-refractivity contribution in [3.8, 4) is 0 Å². The molecule has 0 atom stereocenters. The number of hydrogen-bond donors (Lipinski definition) is 1. The van der Waals surface area contributed by atoms with Crippen molar-refractivity contribution < 1.29 is 4.79 Å². The average molecular weight is 321 g/mol. The predicted molar refractivity (Wildman–Crippen MR) is 85.8 cm³/mol. The number of nitrogens with two attached hydrogens (primary N) is 1. The van der Waals surface area contributed by atoms with Gasteiger partial charge in [-0.1, -0.05) is 41.4 Å². The summed E-state index contributed by atoms with van der Waals surface area (Å²) in [5.74, 6) is -0.101. The van der Waals surface area contributed by atoms with E-state index in [1.165, 1.54) is 0 Å². The summed E-state index contributed by atoms with van der Waals surface area (Å²) in [6.07, 6.45) is 0.756. The van der Waals surface area contributed by atoms with E-state index in [0.717, 1.165) is 23.2 Å². The van der Waals surface area contributed by atoms with Crippen LogP contribution in [-0.4, -0.2) is 17.4 Å². The largest absolute Gasteiger partial charge is 0.398 e. The number of hydrogen-bond acceptors (Lipinski definition) is 2. The van der Waals surface area contributed by atoms with Gasteiger partial charge in [0.15, 0.2) is 0 Å². The molecule has 0 spiro atoms. The van der Waals surface area contributed by atoms with Crippen molar-refractivity contribution in [2.24, 2.45) is 0 Å². The smallest absolute Gasteiger partial charge is 0.255 e. The van der Waals surface area contributed by atoms with Gasteiger partial charge in [-0.2, -0.15) is 0 Å². The van der Waals surface area contributed by atoms with E-state index in [-0.39, 0.29) is 5.91 Å². The molecule has 0 saturated heterocycles. The lowest BCUT2D eigenvalue weighted by molar-refractivity contribution is 0.0735. The highest BCUT2D eigenvalue weighted by atomic mass is 35.5. The van der Waals surface area contributed by atoms with Crippen molar-refractivity contribution in [3.63, 3.8) is 0 Å². The van der Waals surface area contributed by atoms with Crippen molar-refractivity contribution in [1.29, 1.82) is 0 Å². The van der Waals surface area contributed by atoms with Gasteiger partial charge < -0.3 is 10.6 Å². The Kier molecular flexibility index (Phi) is 3.79. The van der Waals surface area contributed by atoms with Crippen LogP contribution in [0.4, 0.5) is 5.69 Å². The molecule has 1 aliphatic heterocycles. The predicted octanol–water partition coefficient (Wildman–Crippen LogP) is 3.77. The molecule has 0 fully saturated rings. The monoisotopic (exact) mass is 320 g/mol. The minimum Gasteiger partial charge on any atom is -0.398 e. The van der Waals surface area contributed by atoms with E-state index < -0.39 is 0 Å². The molecule has 1 amide bonds. The summed E-state index contributed by atoms with van der Waals surface area (Å²) in [6, 6.07) is 10.9. The van der Waals surface area contributed by atoms with Gasteiger partial charge in [0.05, 0.1) is 15.6 Å². The first-order valence-corrected chi connectivity index (χ1v) is 7.43. The molecule has 0 radical (unpaired) electrons. The van der Waals surface area contributed by atoms with Gasteiger partial charge in [0, 0.05) is 18.8 Å². The van der Waals surface area contributed by atoms with Gasteiger partial charge in [-0.25, -0.2) is 0 Å². The van der Waals surface area contributed by atoms with Gasteiger partial charge >= 0.3 is 0 Å². The van der Waals surface area contributed by atoms with Crippen molar-refractivity contribution in [3.05, 3.63) is 63.1 Å². The first-order valence-electron chi connectivity index (χ1n) is 6.67. The first kappa shape index (κ1) is 14.2. The number of carbonyl (C=O) groups excluding carboxylic acids is 1. The molecule has 0 aliphatic carbocycles. The second-order valence-corrected chi connectivity index (χ2v) is 5.85. The highest BCUT2D eigenvalue weighted by Crippen LogP contribution is 2.29. The second-order valence-electron chi connectivity index (χ2n) is 5.06. The number of rotatable bonds is 1. The normalized spacial score (nSPS) is 13.9. The summed E-state index contributed by atoms with van der Waals surface area (Å²) < 4.78 is 0.